The first kappa shape index (κ1) is 22.7. The molecule has 6 aliphatic carbocycles. The zero-order valence-electron chi connectivity index (χ0n) is 20.9. The highest BCUT2D eigenvalue weighted by molar-refractivity contribution is 5.72. The number of carbonyl (C=O) groups excluding carboxylic acids is 2. The average Bonchev–Trinajstić information content (AvgIpc) is 3.14. The van der Waals surface area contributed by atoms with Crippen molar-refractivity contribution in [3.63, 3.8) is 0 Å². The smallest absolute Gasteiger partial charge is 0.308 e. The van der Waals surface area contributed by atoms with Gasteiger partial charge in [0.25, 0.3) is 0 Å². The zero-order chi connectivity index (χ0) is 25.0. The van der Waals surface area contributed by atoms with Gasteiger partial charge in [-0.15, -0.1) is 0 Å². The van der Waals surface area contributed by atoms with Crippen LogP contribution in [0.5, 0.6) is 0 Å². The van der Waals surface area contributed by atoms with Crippen molar-refractivity contribution in [3.05, 3.63) is 12.2 Å². The van der Waals surface area contributed by atoms with Crippen molar-refractivity contribution in [3.8, 4) is 0 Å². The largest absolute Gasteiger partial charge is 0.461 e. The van der Waals surface area contributed by atoms with Crippen LogP contribution in [0.4, 0.5) is 0 Å². The molecular formula is C27H37NO7. The highest BCUT2D eigenvalue weighted by atomic mass is 16.6. The molecular weight excluding hydrogens is 450 g/mol. The van der Waals surface area contributed by atoms with E-state index in [-0.39, 0.29) is 41.6 Å². The molecule has 3 N–H and O–H groups in total. The third kappa shape index (κ3) is 2.12. The summed E-state index contributed by atoms with van der Waals surface area (Å²) in [6, 6.07) is -0.102. The first-order chi connectivity index (χ1) is 16.4. The Labute approximate surface area is 205 Å². The van der Waals surface area contributed by atoms with Crippen molar-refractivity contribution in [1.29, 1.82) is 0 Å². The summed E-state index contributed by atoms with van der Waals surface area (Å²) in [5.74, 6) is -1.66. The number of hydrogen-bond donors (Lipinski definition) is 3. The van der Waals surface area contributed by atoms with Crippen LogP contribution in [-0.2, 0) is 19.1 Å². The molecule has 0 aromatic heterocycles. The quantitative estimate of drug-likeness (QED) is 0.401. The fourth-order valence-corrected chi connectivity index (χ4v) is 11.6. The van der Waals surface area contributed by atoms with Crippen LogP contribution in [0.25, 0.3) is 0 Å². The summed E-state index contributed by atoms with van der Waals surface area (Å²) in [5.41, 5.74) is -1.77. The summed E-state index contributed by atoms with van der Waals surface area (Å²) in [4.78, 5) is 27.3. The van der Waals surface area contributed by atoms with Crippen molar-refractivity contribution in [1.82, 2.24) is 4.90 Å². The monoisotopic (exact) mass is 487 g/mol. The maximum atomic E-state index is 13.1. The van der Waals surface area contributed by atoms with Gasteiger partial charge in [-0.25, -0.2) is 0 Å². The Morgan fingerprint density at radius 3 is 2.66 bits per heavy atom. The third-order valence-electron chi connectivity index (χ3n) is 11.9. The molecule has 2 spiro atoms. The molecule has 0 radical (unpaired) electrons. The van der Waals surface area contributed by atoms with E-state index < -0.39 is 52.4 Å². The first-order valence-electron chi connectivity index (χ1n) is 13.3. The molecule has 9 rings (SSSR count). The van der Waals surface area contributed by atoms with Crippen LogP contribution in [0.3, 0.4) is 0 Å². The van der Waals surface area contributed by atoms with Crippen molar-refractivity contribution in [2.45, 2.75) is 89.6 Å². The summed E-state index contributed by atoms with van der Waals surface area (Å²) >= 11 is 0. The Kier molecular flexibility index (Phi) is 4.10. The lowest BCUT2D eigenvalue weighted by molar-refractivity contribution is -0.283. The number of rotatable bonds is 4. The number of piperidine rings is 2. The van der Waals surface area contributed by atoms with Gasteiger partial charge in [-0.3, -0.25) is 14.5 Å². The first-order valence-corrected chi connectivity index (χ1v) is 13.3. The summed E-state index contributed by atoms with van der Waals surface area (Å²) in [6.07, 6.45) is -0.595. The van der Waals surface area contributed by atoms with E-state index in [0.29, 0.717) is 32.2 Å². The van der Waals surface area contributed by atoms with Crippen LogP contribution in [0.1, 0.15) is 53.4 Å². The second-order valence-corrected chi connectivity index (χ2v) is 13.3. The van der Waals surface area contributed by atoms with Crippen LogP contribution in [0.15, 0.2) is 12.2 Å². The Hall–Kier alpha value is -1.48. The van der Waals surface area contributed by atoms with E-state index in [2.05, 4.69) is 11.5 Å². The molecule has 9 fully saturated rings. The van der Waals surface area contributed by atoms with Gasteiger partial charge in [0.2, 0.25) is 0 Å². The van der Waals surface area contributed by atoms with Gasteiger partial charge < -0.3 is 24.8 Å². The Bertz CT molecular complexity index is 1060. The number of ether oxygens (including phenoxy) is 2. The molecule has 35 heavy (non-hydrogen) atoms. The number of aliphatic hydroxyl groups excluding tert-OH is 2. The van der Waals surface area contributed by atoms with Gasteiger partial charge in [0, 0.05) is 54.0 Å². The minimum Gasteiger partial charge on any atom is -0.461 e. The predicted molar refractivity (Wildman–Crippen MR) is 122 cm³/mol. The van der Waals surface area contributed by atoms with Crippen molar-refractivity contribution in [2.75, 3.05) is 6.54 Å². The Morgan fingerprint density at radius 1 is 1.29 bits per heavy atom. The number of aliphatic hydroxyl groups is 3. The molecule has 0 aromatic rings. The number of carbonyl (C=O) groups is 2. The molecule has 9 bridgehead atoms. The fourth-order valence-electron chi connectivity index (χ4n) is 11.6. The van der Waals surface area contributed by atoms with Gasteiger partial charge in [0.1, 0.15) is 17.9 Å². The number of hydrogen-bond acceptors (Lipinski definition) is 8. The van der Waals surface area contributed by atoms with E-state index in [1.165, 1.54) is 6.92 Å². The van der Waals surface area contributed by atoms with Crippen LogP contribution >= 0.6 is 0 Å². The molecule has 0 amide bonds. The van der Waals surface area contributed by atoms with Gasteiger partial charge in [-0.1, -0.05) is 32.9 Å². The topological polar surface area (TPSA) is 117 Å². The van der Waals surface area contributed by atoms with E-state index in [1.54, 1.807) is 0 Å². The van der Waals surface area contributed by atoms with Crippen molar-refractivity contribution in [2.24, 2.45) is 45.8 Å². The normalized spacial score (nSPS) is 60.7. The lowest BCUT2D eigenvalue weighted by Crippen LogP contribution is -2.72. The molecule has 15 atom stereocenters. The number of fused-ring (bicyclic) bond motifs is 1. The minimum absolute atomic E-state index is 0.0612. The van der Waals surface area contributed by atoms with Crippen LogP contribution in [-0.4, -0.2) is 74.9 Å². The lowest BCUT2D eigenvalue weighted by atomic mass is 9.38. The molecule has 9 aliphatic rings. The summed E-state index contributed by atoms with van der Waals surface area (Å²) in [7, 11) is 0. The van der Waals surface area contributed by atoms with Gasteiger partial charge in [0.15, 0.2) is 0 Å². The molecule has 0 aromatic carbocycles. The molecule has 3 aliphatic heterocycles. The van der Waals surface area contributed by atoms with Gasteiger partial charge in [-0.05, 0) is 31.1 Å². The van der Waals surface area contributed by atoms with Gasteiger partial charge in [0.05, 0.1) is 18.1 Å². The van der Waals surface area contributed by atoms with E-state index >= 15 is 0 Å². The van der Waals surface area contributed by atoms with Gasteiger partial charge in [-0.2, -0.15) is 0 Å². The summed E-state index contributed by atoms with van der Waals surface area (Å²) in [5, 5.41) is 35.6. The highest BCUT2D eigenvalue weighted by Gasteiger charge is 2.95. The minimum atomic E-state index is -1.10. The van der Waals surface area contributed by atoms with Crippen molar-refractivity contribution >= 4 is 11.9 Å². The standard InChI is InChI=1S/C27H37NO7/c1-6-11(2)22(32)35-18-15-12(3)7-25-9-27(33)23-24(5)10-28(27)20(16(25)17(15)31)26(23,19(18)25)8-14(30)21(24)34-13(4)29/h11,14-21,23,30-31,33H,3,6-10H2,1-2,4-5H3/t11?,14-,15+,16?,17?,18-,19-,20?,21?,23-,24-,25+,26+,27-/m1/s1. The Morgan fingerprint density at radius 2 is 2.00 bits per heavy atom. The third-order valence-corrected chi connectivity index (χ3v) is 11.9. The molecule has 8 heteroatoms. The number of nitrogens with zero attached hydrogens (tertiary/aromatic N) is 1. The maximum absolute atomic E-state index is 13.1. The molecule has 192 valence electrons. The summed E-state index contributed by atoms with van der Waals surface area (Å²) < 4.78 is 12.0. The van der Waals surface area contributed by atoms with Crippen LogP contribution in [0.2, 0.25) is 0 Å². The van der Waals surface area contributed by atoms with E-state index in [0.717, 1.165) is 5.57 Å². The van der Waals surface area contributed by atoms with Crippen LogP contribution in [0, 0.1) is 45.8 Å². The SMILES string of the molecule is C=C1C[C@]23C[C@@]4(O)[C@H]5[C@]67C[C@@H](O)C(OC(C)=O)[C@@]5(C)CN4C6C2C(O)[C@H]1[C@@H](OC(=O)C(C)CC)[C@H]37. The average molecular weight is 488 g/mol. The molecule has 3 heterocycles. The molecule has 8 nitrogen and oxygen atoms in total. The second kappa shape index (κ2) is 6.32. The Balaban J connectivity index is 1.41. The summed E-state index contributed by atoms with van der Waals surface area (Å²) in [6.45, 7) is 12.0. The molecule has 3 saturated heterocycles. The molecule has 6 saturated carbocycles. The molecule has 6 unspecified atom stereocenters. The van der Waals surface area contributed by atoms with Gasteiger partial charge >= 0.3 is 11.9 Å². The fraction of sp³-hybridized carbons (Fsp3) is 0.852. The predicted octanol–water partition coefficient (Wildman–Crippen LogP) is 1.22. The highest BCUT2D eigenvalue weighted by Crippen LogP contribution is 2.89. The zero-order valence-corrected chi connectivity index (χ0v) is 20.9. The number of esters is 2. The van der Waals surface area contributed by atoms with E-state index in [1.807, 2.05) is 20.8 Å². The van der Waals surface area contributed by atoms with Crippen molar-refractivity contribution < 1.29 is 34.4 Å². The second-order valence-electron chi connectivity index (χ2n) is 13.3. The van der Waals surface area contributed by atoms with E-state index in [4.69, 9.17) is 9.47 Å². The maximum Gasteiger partial charge on any atom is 0.308 e. The van der Waals surface area contributed by atoms with E-state index in [9.17, 15) is 24.9 Å². The lowest BCUT2D eigenvalue weighted by Gasteiger charge is -2.68. The van der Waals surface area contributed by atoms with Crippen LogP contribution < -0.4 is 0 Å².